The van der Waals surface area contributed by atoms with E-state index >= 15 is 0 Å². The van der Waals surface area contributed by atoms with Crippen molar-refractivity contribution in [1.82, 2.24) is 4.90 Å². The van der Waals surface area contributed by atoms with Crippen molar-refractivity contribution in [1.29, 1.82) is 0 Å². The van der Waals surface area contributed by atoms with Gasteiger partial charge in [-0.15, -0.1) is 0 Å². The summed E-state index contributed by atoms with van der Waals surface area (Å²) in [5.41, 5.74) is 2.73. The average Bonchev–Trinajstić information content (AvgIpc) is 2.45. The van der Waals surface area contributed by atoms with Crippen LogP contribution in [-0.2, 0) is 13.0 Å². The fourth-order valence-electron chi connectivity index (χ4n) is 2.57. The Morgan fingerprint density at radius 3 is 2.35 bits per heavy atom. The number of carbonyl (C=O) groups is 1. The lowest BCUT2D eigenvalue weighted by atomic mass is 9.99. The quantitative estimate of drug-likeness (QED) is 0.835. The Balaban J connectivity index is 1.86. The van der Waals surface area contributed by atoms with E-state index in [9.17, 15) is 15.0 Å². The van der Waals surface area contributed by atoms with Gasteiger partial charge in [0.1, 0.15) is 11.5 Å². The van der Waals surface area contributed by atoms with Gasteiger partial charge >= 0.3 is 0 Å². The van der Waals surface area contributed by atoms with E-state index in [1.807, 2.05) is 18.2 Å². The van der Waals surface area contributed by atoms with Crippen LogP contribution in [0, 0.1) is 0 Å². The van der Waals surface area contributed by atoms with Crippen molar-refractivity contribution < 1.29 is 15.0 Å². The zero-order chi connectivity index (χ0) is 14.1. The Bertz CT molecular complexity index is 646. The summed E-state index contributed by atoms with van der Waals surface area (Å²) in [5, 5.41) is 18.9. The molecule has 1 heterocycles. The normalized spacial score (nSPS) is 13.9. The van der Waals surface area contributed by atoms with E-state index in [0.717, 1.165) is 12.0 Å². The predicted octanol–water partition coefficient (Wildman–Crippen LogP) is 2.30. The molecule has 0 saturated heterocycles. The predicted molar refractivity (Wildman–Crippen MR) is 74.7 cm³/mol. The highest BCUT2D eigenvalue weighted by Gasteiger charge is 2.22. The van der Waals surface area contributed by atoms with E-state index in [-0.39, 0.29) is 17.4 Å². The zero-order valence-corrected chi connectivity index (χ0v) is 10.9. The molecule has 102 valence electrons. The standard InChI is InChI=1S/C16H15NO3/c18-14-7-13(8-15(19)9-14)16(20)17-6-5-11-3-1-2-4-12(11)10-17/h1-4,7-9,18-19H,5-6,10H2. The summed E-state index contributed by atoms with van der Waals surface area (Å²) in [6.07, 6.45) is 0.826. The molecule has 4 nitrogen and oxygen atoms in total. The van der Waals surface area contributed by atoms with Crippen molar-refractivity contribution in [3.63, 3.8) is 0 Å². The molecule has 0 aliphatic carbocycles. The smallest absolute Gasteiger partial charge is 0.254 e. The molecule has 0 fully saturated rings. The van der Waals surface area contributed by atoms with Crippen molar-refractivity contribution in [3.05, 3.63) is 59.2 Å². The maximum absolute atomic E-state index is 12.4. The minimum Gasteiger partial charge on any atom is -0.508 e. The van der Waals surface area contributed by atoms with Crippen molar-refractivity contribution in [2.45, 2.75) is 13.0 Å². The Kier molecular flexibility index (Phi) is 3.06. The Morgan fingerprint density at radius 2 is 1.65 bits per heavy atom. The highest BCUT2D eigenvalue weighted by atomic mass is 16.3. The molecule has 20 heavy (non-hydrogen) atoms. The largest absolute Gasteiger partial charge is 0.508 e. The first-order chi connectivity index (χ1) is 9.63. The van der Waals surface area contributed by atoms with Crippen LogP contribution < -0.4 is 0 Å². The topological polar surface area (TPSA) is 60.8 Å². The van der Waals surface area contributed by atoms with Crippen LogP contribution >= 0.6 is 0 Å². The molecule has 0 radical (unpaired) electrons. The van der Waals surface area contributed by atoms with Gasteiger partial charge in [-0.1, -0.05) is 24.3 Å². The van der Waals surface area contributed by atoms with Crippen LogP contribution in [0.2, 0.25) is 0 Å². The minimum atomic E-state index is -0.175. The van der Waals surface area contributed by atoms with Crippen LogP contribution in [0.4, 0.5) is 0 Å². The molecule has 0 aromatic heterocycles. The van der Waals surface area contributed by atoms with E-state index in [0.29, 0.717) is 18.7 Å². The molecule has 1 aliphatic rings. The number of fused-ring (bicyclic) bond motifs is 1. The van der Waals surface area contributed by atoms with Gasteiger partial charge in [0.25, 0.3) is 5.91 Å². The lowest BCUT2D eigenvalue weighted by Crippen LogP contribution is -2.35. The number of phenolic OH excluding ortho intramolecular Hbond substituents is 2. The Hall–Kier alpha value is -2.49. The molecule has 0 saturated carbocycles. The molecule has 0 spiro atoms. The summed E-state index contributed by atoms with van der Waals surface area (Å²) in [5.74, 6) is -0.387. The second-order valence-corrected chi connectivity index (χ2v) is 4.98. The third-order valence-corrected chi connectivity index (χ3v) is 3.57. The van der Waals surface area contributed by atoms with E-state index in [1.54, 1.807) is 4.90 Å². The number of hydrogen-bond acceptors (Lipinski definition) is 3. The molecule has 4 heteroatoms. The third kappa shape index (κ3) is 2.32. The molecule has 3 rings (SSSR count). The van der Waals surface area contributed by atoms with Crippen LogP contribution in [0.1, 0.15) is 21.5 Å². The number of carbonyl (C=O) groups excluding carboxylic acids is 1. The summed E-state index contributed by atoms with van der Waals surface area (Å²) in [4.78, 5) is 14.2. The summed E-state index contributed by atoms with van der Waals surface area (Å²) in [6.45, 7) is 1.21. The molecular weight excluding hydrogens is 254 g/mol. The van der Waals surface area contributed by atoms with Crippen molar-refractivity contribution in [2.75, 3.05) is 6.54 Å². The molecule has 1 aliphatic heterocycles. The van der Waals surface area contributed by atoms with Gasteiger partial charge in [0.15, 0.2) is 0 Å². The Labute approximate surface area is 116 Å². The van der Waals surface area contributed by atoms with Gasteiger partial charge in [-0.05, 0) is 29.7 Å². The number of phenols is 2. The minimum absolute atomic E-state index is 0.106. The molecule has 0 atom stereocenters. The first-order valence-corrected chi connectivity index (χ1v) is 6.52. The monoisotopic (exact) mass is 269 g/mol. The summed E-state index contributed by atoms with van der Waals surface area (Å²) < 4.78 is 0. The van der Waals surface area contributed by atoms with Gasteiger partial charge in [0.2, 0.25) is 0 Å². The lowest BCUT2D eigenvalue weighted by molar-refractivity contribution is 0.0734. The highest BCUT2D eigenvalue weighted by molar-refractivity contribution is 5.95. The number of amides is 1. The van der Waals surface area contributed by atoms with Crippen LogP contribution in [0.3, 0.4) is 0 Å². The fraction of sp³-hybridized carbons (Fsp3) is 0.188. The SMILES string of the molecule is O=C(c1cc(O)cc(O)c1)N1CCc2ccccc2C1. The molecular formula is C16H15NO3. The van der Waals surface area contributed by atoms with Gasteiger partial charge in [-0.25, -0.2) is 0 Å². The molecule has 2 aromatic rings. The van der Waals surface area contributed by atoms with Gasteiger partial charge in [0.05, 0.1) is 0 Å². The first kappa shape index (κ1) is 12.5. The van der Waals surface area contributed by atoms with Crippen molar-refractivity contribution in [3.8, 4) is 11.5 Å². The molecule has 1 amide bonds. The second kappa shape index (κ2) is 4.89. The average molecular weight is 269 g/mol. The van der Waals surface area contributed by atoms with Crippen molar-refractivity contribution >= 4 is 5.91 Å². The van der Waals surface area contributed by atoms with Crippen LogP contribution in [-0.4, -0.2) is 27.6 Å². The molecule has 0 unspecified atom stereocenters. The molecule has 2 N–H and O–H groups in total. The van der Waals surface area contributed by atoms with E-state index in [1.165, 1.54) is 23.8 Å². The maximum atomic E-state index is 12.4. The second-order valence-electron chi connectivity index (χ2n) is 4.98. The van der Waals surface area contributed by atoms with Gasteiger partial charge in [-0.3, -0.25) is 4.79 Å². The van der Waals surface area contributed by atoms with Crippen LogP contribution in [0.5, 0.6) is 11.5 Å². The van der Waals surface area contributed by atoms with Crippen molar-refractivity contribution in [2.24, 2.45) is 0 Å². The van der Waals surface area contributed by atoms with E-state index in [2.05, 4.69) is 6.07 Å². The van der Waals surface area contributed by atoms with E-state index < -0.39 is 0 Å². The summed E-state index contributed by atoms with van der Waals surface area (Å²) in [7, 11) is 0. The number of rotatable bonds is 1. The lowest BCUT2D eigenvalue weighted by Gasteiger charge is -2.29. The fourth-order valence-corrected chi connectivity index (χ4v) is 2.57. The summed E-state index contributed by atoms with van der Waals surface area (Å²) in [6, 6.07) is 12.0. The van der Waals surface area contributed by atoms with E-state index in [4.69, 9.17) is 0 Å². The van der Waals surface area contributed by atoms with Gasteiger partial charge in [0, 0.05) is 24.7 Å². The first-order valence-electron chi connectivity index (χ1n) is 6.52. The number of benzene rings is 2. The maximum Gasteiger partial charge on any atom is 0.254 e. The van der Waals surface area contributed by atoms with Crippen LogP contribution in [0.25, 0.3) is 0 Å². The van der Waals surface area contributed by atoms with Gasteiger partial charge in [-0.2, -0.15) is 0 Å². The third-order valence-electron chi connectivity index (χ3n) is 3.57. The van der Waals surface area contributed by atoms with Gasteiger partial charge < -0.3 is 15.1 Å². The number of hydrogen-bond donors (Lipinski definition) is 2. The number of nitrogens with zero attached hydrogens (tertiary/aromatic N) is 1. The highest BCUT2D eigenvalue weighted by Crippen LogP contribution is 2.24. The Morgan fingerprint density at radius 1 is 1.00 bits per heavy atom. The molecule has 2 aromatic carbocycles. The summed E-state index contributed by atoms with van der Waals surface area (Å²) >= 11 is 0. The molecule has 0 bridgehead atoms. The van der Waals surface area contributed by atoms with Crippen LogP contribution in [0.15, 0.2) is 42.5 Å². The number of aromatic hydroxyl groups is 2. The zero-order valence-electron chi connectivity index (χ0n) is 10.9.